The number of aromatic nitrogens is 1. The molecule has 1 aliphatic rings. The zero-order valence-electron chi connectivity index (χ0n) is 17.5. The van der Waals surface area contributed by atoms with Gasteiger partial charge in [0.2, 0.25) is 11.8 Å². The molecule has 1 saturated heterocycles. The van der Waals surface area contributed by atoms with Crippen molar-refractivity contribution in [2.75, 3.05) is 32.7 Å². The monoisotopic (exact) mass is 398 g/mol. The Morgan fingerprint density at radius 1 is 1.10 bits per heavy atom. The van der Waals surface area contributed by atoms with Crippen LogP contribution in [0.15, 0.2) is 40.9 Å². The highest BCUT2D eigenvalue weighted by Gasteiger charge is 2.23. The molecule has 0 radical (unpaired) electrons. The van der Waals surface area contributed by atoms with Crippen LogP contribution < -0.4 is 5.32 Å². The number of hydrogen-bond acceptors (Lipinski definition) is 5. The predicted octanol–water partition coefficient (Wildman–Crippen LogP) is 2.33. The maximum Gasteiger partial charge on any atom is 0.234 e. The molecule has 0 atom stereocenters. The fraction of sp³-hybridized carbons (Fsp3) is 0.500. The molecule has 7 nitrogen and oxygen atoms in total. The standard InChI is InChI=1S/C22H30N4O3/c1-22(2,3)24-19(27)16-25-11-13-26(14-12-25)21(28)10-9-20-23-15-18(29-20)17-7-5-4-6-8-17/h4-8,15H,9-14,16H2,1-3H3,(H,24,27). The number of amides is 2. The topological polar surface area (TPSA) is 78.7 Å². The van der Waals surface area contributed by atoms with Gasteiger partial charge in [-0.05, 0) is 20.8 Å². The third-order valence-corrected chi connectivity index (χ3v) is 4.77. The Labute approximate surface area is 172 Å². The van der Waals surface area contributed by atoms with Crippen LogP contribution in [-0.2, 0) is 16.0 Å². The van der Waals surface area contributed by atoms with E-state index in [1.165, 1.54) is 0 Å². The summed E-state index contributed by atoms with van der Waals surface area (Å²) in [5, 5.41) is 2.97. The maximum atomic E-state index is 12.5. The molecular weight excluding hydrogens is 368 g/mol. The van der Waals surface area contributed by atoms with Crippen LogP contribution >= 0.6 is 0 Å². The molecular formula is C22H30N4O3. The number of nitrogens with zero attached hydrogens (tertiary/aromatic N) is 3. The lowest BCUT2D eigenvalue weighted by Crippen LogP contribution is -2.52. The molecule has 1 fully saturated rings. The number of rotatable bonds is 6. The van der Waals surface area contributed by atoms with E-state index < -0.39 is 0 Å². The highest BCUT2D eigenvalue weighted by molar-refractivity contribution is 5.79. The lowest BCUT2D eigenvalue weighted by Gasteiger charge is -2.35. The van der Waals surface area contributed by atoms with Gasteiger partial charge < -0.3 is 14.6 Å². The number of piperazine rings is 1. The van der Waals surface area contributed by atoms with Crippen LogP contribution in [0, 0.1) is 0 Å². The number of nitrogens with one attached hydrogen (secondary N) is 1. The summed E-state index contributed by atoms with van der Waals surface area (Å²) in [7, 11) is 0. The Balaban J connectivity index is 1.41. The smallest absolute Gasteiger partial charge is 0.234 e. The molecule has 0 bridgehead atoms. The second kappa shape index (κ2) is 9.22. The lowest BCUT2D eigenvalue weighted by molar-refractivity contribution is -0.133. The van der Waals surface area contributed by atoms with Crippen molar-refractivity contribution in [1.82, 2.24) is 20.1 Å². The average Bonchev–Trinajstić information content (AvgIpc) is 3.15. The molecule has 2 amide bonds. The predicted molar refractivity (Wildman–Crippen MR) is 111 cm³/mol. The summed E-state index contributed by atoms with van der Waals surface area (Å²) in [5.41, 5.74) is 0.749. The summed E-state index contributed by atoms with van der Waals surface area (Å²) in [6.45, 7) is 8.98. The Bertz CT molecular complexity index is 818. The molecule has 0 unspecified atom stereocenters. The first-order valence-corrected chi connectivity index (χ1v) is 10.1. The molecule has 156 valence electrons. The minimum Gasteiger partial charge on any atom is -0.441 e. The Hall–Kier alpha value is -2.67. The summed E-state index contributed by atoms with van der Waals surface area (Å²) in [5.74, 6) is 1.42. The van der Waals surface area contributed by atoms with Gasteiger partial charge in [-0.3, -0.25) is 14.5 Å². The van der Waals surface area contributed by atoms with Crippen molar-refractivity contribution in [2.45, 2.75) is 39.2 Å². The molecule has 29 heavy (non-hydrogen) atoms. The van der Waals surface area contributed by atoms with E-state index in [1.54, 1.807) is 6.20 Å². The van der Waals surface area contributed by atoms with Gasteiger partial charge in [0.25, 0.3) is 0 Å². The van der Waals surface area contributed by atoms with Crippen LogP contribution in [-0.4, -0.2) is 64.9 Å². The Kier molecular flexibility index (Phi) is 6.69. The van der Waals surface area contributed by atoms with Crippen molar-refractivity contribution in [3.8, 4) is 11.3 Å². The van der Waals surface area contributed by atoms with Crippen LogP contribution in [0.5, 0.6) is 0 Å². The maximum absolute atomic E-state index is 12.5. The summed E-state index contributed by atoms with van der Waals surface area (Å²) >= 11 is 0. The van der Waals surface area contributed by atoms with E-state index in [0.29, 0.717) is 51.5 Å². The molecule has 1 aromatic carbocycles. The summed E-state index contributed by atoms with van der Waals surface area (Å²) in [4.78, 5) is 32.8. The first-order chi connectivity index (χ1) is 13.8. The van der Waals surface area contributed by atoms with Gasteiger partial charge in [0, 0.05) is 50.1 Å². The van der Waals surface area contributed by atoms with Crippen LogP contribution in [0.1, 0.15) is 33.1 Å². The highest BCUT2D eigenvalue weighted by atomic mass is 16.4. The number of hydrogen-bond donors (Lipinski definition) is 1. The second-order valence-electron chi connectivity index (χ2n) is 8.44. The van der Waals surface area contributed by atoms with E-state index in [9.17, 15) is 9.59 Å². The zero-order valence-corrected chi connectivity index (χ0v) is 17.5. The van der Waals surface area contributed by atoms with Gasteiger partial charge in [0.1, 0.15) is 0 Å². The fourth-order valence-corrected chi connectivity index (χ4v) is 3.35. The quantitative estimate of drug-likeness (QED) is 0.808. The molecule has 1 aromatic heterocycles. The molecule has 3 rings (SSSR count). The normalized spacial score (nSPS) is 15.3. The van der Waals surface area contributed by atoms with Crippen molar-refractivity contribution in [3.05, 3.63) is 42.4 Å². The van der Waals surface area contributed by atoms with Crippen molar-refractivity contribution in [2.24, 2.45) is 0 Å². The van der Waals surface area contributed by atoms with Crippen LogP contribution in [0.2, 0.25) is 0 Å². The van der Waals surface area contributed by atoms with Crippen molar-refractivity contribution >= 4 is 11.8 Å². The van der Waals surface area contributed by atoms with E-state index in [1.807, 2.05) is 56.0 Å². The average molecular weight is 399 g/mol. The number of oxazole rings is 1. The van der Waals surface area contributed by atoms with Crippen molar-refractivity contribution < 1.29 is 14.0 Å². The third kappa shape index (κ3) is 6.42. The van der Waals surface area contributed by atoms with Crippen LogP contribution in [0.4, 0.5) is 0 Å². The molecule has 0 saturated carbocycles. The summed E-state index contributed by atoms with van der Waals surface area (Å²) < 4.78 is 5.77. The molecule has 1 N–H and O–H groups in total. The van der Waals surface area contributed by atoms with Gasteiger partial charge >= 0.3 is 0 Å². The molecule has 2 heterocycles. The molecule has 0 spiro atoms. The number of aryl methyl sites for hydroxylation is 1. The second-order valence-corrected chi connectivity index (χ2v) is 8.44. The highest BCUT2D eigenvalue weighted by Crippen LogP contribution is 2.20. The Morgan fingerprint density at radius 3 is 2.45 bits per heavy atom. The minimum atomic E-state index is -0.227. The fourth-order valence-electron chi connectivity index (χ4n) is 3.35. The van der Waals surface area contributed by atoms with Gasteiger partial charge in [-0.1, -0.05) is 30.3 Å². The number of carbonyl (C=O) groups is 2. The summed E-state index contributed by atoms with van der Waals surface area (Å²) in [6, 6.07) is 9.80. The molecule has 7 heteroatoms. The van der Waals surface area contributed by atoms with E-state index in [-0.39, 0.29) is 17.4 Å². The van der Waals surface area contributed by atoms with Gasteiger partial charge in [0.15, 0.2) is 11.7 Å². The van der Waals surface area contributed by atoms with E-state index in [4.69, 9.17) is 4.42 Å². The first-order valence-electron chi connectivity index (χ1n) is 10.1. The first kappa shape index (κ1) is 21.0. The zero-order chi connectivity index (χ0) is 20.9. The van der Waals surface area contributed by atoms with E-state index >= 15 is 0 Å². The molecule has 1 aliphatic heterocycles. The number of benzene rings is 1. The minimum absolute atomic E-state index is 0.0235. The van der Waals surface area contributed by atoms with Gasteiger partial charge in [0.05, 0.1) is 12.7 Å². The molecule has 2 aromatic rings. The third-order valence-electron chi connectivity index (χ3n) is 4.77. The van der Waals surface area contributed by atoms with Crippen LogP contribution in [0.25, 0.3) is 11.3 Å². The lowest BCUT2D eigenvalue weighted by atomic mass is 10.1. The number of carbonyl (C=O) groups excluding carboxylic acids is 2. The van der Waals surface area contributed by atoms with E-state index in [0.717, 1.165) is 11.3 Å². The van der Waals surface area contributed by atoms with Gasteiger partial charge in [-0.2, -0.15) is 0 Å². The largest absolute Gasteiger partial charge is 0.441 e. The van der Waals surface area contributed by atoms with Crippen molar-refractivity contribution in [3.63, 3.8) is 0 Å². The Morgan fingerprint density at radius 2 is 1.79 bits per heavy atom. The van der Waals surface area contributed by atoms with Gasteiger partial charge in [-0.25, -0.2) is 4.98 Å². The summed E-state index contributed by atoms with van der Waals surface area (Å²) in [6.07, 6.45) is 2.57. The SMILES string of the molecule is CC(C)(C)NC(=O)CN1CCN(C(=O)CCc2ncc(-c3ccccc3)o2)CC1. The van der Waals surface area contributed by atoms with Crippen molar-refractivity contribution in [1.29, 1.82) is 0 Å². The van der Waals surface area contributed by atoms with Crippen LogP contribution in [0.3, 0.4) is 0 Å². The molecule has 0 aliphatic carbocycles. The van der Waals surface area contributed by atoms with Gasteiger partial charge in [-0.15, -0.1) is 0 Å². The van der Waals surface area contributed by atoms with E-state index in [2.05, 4.69) is 15.2 Å².